The fraction of sp³-hybridized carbons (Fsp3) is 0.767. The quantitative estimate of drug-likeness (QED) is 0.488. The Morgan fingerprint density at radius 2 is 1.74 bits per heavy atom. The molecule has 34 heavy (non-hydrogen) atoms. The van der Waals surface area contributed by atoms with E-state index in [9.17, 15) is 4.79 Å². The highest BCUT2D eigenvalue weighted by atomic mass is 16.5. The summed E-state index contributed by atoms with van der Waals surface area (Å²) in [5, 5.41) is 0. The van der Waals surface area contributed by atoms with Gasteiger partial charge in [-0.1, -0.05) is 45.0 Å². The lowest BCUT2D eigenvalue weighted by Gasteiger charge is -2.49. The van der Waals surface area contributed by atoms with E-state index in [4.69, 9.17) is 4.74 Å². The van der Waals surface area contributed by atoms with Crippen molar-refractivity contribution in [3.8, 4) is 0 Å². The Morgan fingerprint density at radius 3 is 2.35 bits per heavy atom. The SMILES string of the molecule is CCN(C(=O)C1CCC(OC)CC1)[C@@H]1CCC2(CCN(CCC(C)(C)C)CC2)c2ccccc21. The molecule has 1 atom stereocenters. The van der Waals surface area contributed by atoms with Crippen molar-refractivity contribution in [1.29, 1.82) is 0 Å². The highest BCUT2D eigenvalue weighted by Crippen LogP contribution is 2.50. The molecule has 1 aromatic rings. The van der Waals surface area contributed by atoms with Gasteiger partial charge in [-0.25, -0.2) is 0 Å². The number of likely N-dealkylation sites (tertiary alicyclic amines) is 1. The number of carbonyl (C=O) groups is 1. The third-order valence-corrected chi connectivity index (χ3v) is 9.14. The zero-order chi connectivity index (χ0) is 24.3. The number of amides is 1. The molecule has 1 heterocycles. The first-order chi connectivity index (χ1) is 16.3. The van der Waals surface area contributed by atoms with Gasteiger partial charge in [0.05, 0.1) is 12.1 Å². The predicted molar refractivity (Wildman–Crippen MR) is 140 cm³/mol. The maximum atomic E-state index is 13.7. The van der Waals surface area contributed by atoms with Crippen LogP contribution in [-0.4, -0.2) is 55.1 Å². The third-order valence-electron chi connectivity index (χ3n) is 9.14. The Morgan fingerprint density at radius 1 is 1.06 bits per heavy atom. The number of carbonyl (C=O) groups excluding carboxylic acids is 1. The van der Waals surface area contributed by atoms with E-state index in [2.05, 4.69) is 61.8 Å². The molecule has 4 heteroatoms. The second kappa shape index (κ2) is 10.7. The van der Waals surface area contributed by atoms with E-state index in [1.807, 2.05) is 0 Å². The molecule has 4 rings (SSSR count). The zero-order valence-corrected chi connectivity index (χ0v) is 22.4. The van der Waals surface area contributed by atoms with Gasteiger partial charge >= 0.3 is 0 Å². The van der Waals surface area contributed by atoms with Gasteiger partial charge in [-0.15, -0.1) is 0 Å². The van der Waals surface area contributed by atoms with Crippen molar-refractivity contribution in [2.24, 2.45) is 11.3 Å². The summed E-state index contributed by atoms with van der Waals surface area (Å²) in [5.41, 5.74) is 3.66. The smallest absolute Gasteiger partial charge is 0.226 e. The fourth-order valence-corrected chi connectivity index (χ4v) is 6.82. The minimum atomic E-state index is 0.167. The molecule has 1 saturated heterocycles. The third kappa shape index (κ3) is 5.54. The van der Waals surface area contributed by atoms with Gasteiger partial charge in [0.15, 0.2) is 0 Å². The maximum Gasteiger partial charge on any atom is 0.226 e. The minimum Gasteiger partial charge on any atom is -0.381 e. The molecule has 2 fully saturated rings. The molecule has 1 aliphatic heterocycles. The molecular weight excluding hydrogens is 420 g/mol. The van der Waals surface area contributed by atoms with Crippen molar-refractivity contribution < 1.29 is 9.53 Å². The van der Waals surface area contributed by atoms with Gasteiger partial charge in [-0.3, -0.25) is 4.79 Å². The van der Waals surface area contributed by atoms with Crippen molar-refractivity contribution in [2.75, 3.05) is 33.3 Å². The summed E-state index contributed by atoms with van der Waals surface area (Å²) in [6.07, 6.45) is 10.4. The standard InChI is InChI=1S/C30H48N2O2/c1-6-32(28(33)23-11-13-24(34-5)14-12-23)27-15-16-30(26-10-8-7-9-25(26)27)18-21-31(22-19-30)20-17-29(2,3)4/h7-10,23-24,27H,6,11-22H2,1-5H3/t23?,24?,27-/m1/s1. The van der Waals surface area contributed by atoms with Crippen molar-refractivity contribution in [3.63, 3.8) is 0 Å². The van der Waals surface area contributed by atoms with Gasteiger partial charge in [-0.2, -0.15) is 0 Å². The number of nitrogens with zero attached hydrogens (tertiary/aromatic N) is 2. The number of hydrogen-bond acceptors (Lipinski definition) is 3. The summed E-state index contributed by atoms with van der Waals surface area (Å²) >= 11 is 0. The molecule has 0 unspecified atom stereocenters. The van der Waals surface area contributed by atoms with Crippen LogP contribution < -0.4 is 0 Å². The number of fused-ring (bicyclic) bond motifs is 2. The van der Waals surface area contributed by atoms with E-state index in [0.717, 1.165) is 38.6 Å². The van der Waals surface area contributed by atoms with E-state index in [0.29, 0.717) is 22.8 Å². The Balaban J connectivity index is 1.47. The Bertz CT molecular complexity index is 813. The van der Waals surface area contributed by atoms with Crippen molar-refractivity contribution in [2.45, 2.75) is 103 Å². The average molecular weight is 469 g/mol. The molecular formula is C30H48N2O2. The van der Waals surface area contributed by atoms with Gasteiger partial charge in [-0.05, 0) is 106 Å². The highest BCUT2D eigenvalue weighted by Gasteiger charge is 2.44. The number of rotatable bonds is 6. The molecule has 0 bridgehead atoms. The van der Waals surface area contributed by atoms with E-state index < -0.39 is 0 Å². The number of ether oxygens (including phenoxy) is 1. The lowest BCUT2D eigenvalue weighted by Crippen LogP contribution is -2.48. The number of methoxy groups -OCH3 is 1. The maximum absolute atomic E-state index is 13.7. The van der Waals surface area contributed by atoms with Gasteiger partial charge < -0.3 is 14.5 Å². The number of piperidine rings is 1. The molecule has 0 aromatic heterocycles. The first-order valence-electron chi connectivity index (χ1n) is 13.9. The molecule has 4 nitrogen and oxygen atoms in total. The van der Waals surface area contributed by atoms with E-state index >= 15 is 0 Å². The molecule has 0 radical (unpaired) electrons. The topological polar surface area (TPSA) is 32.8 Å². The van der Waals surface area contributed by atoms with Crippen LogP contribution in [0, 0.1) is 11.3 Å². The average Bonchev–Trinajstić information content (AvgIpc) is 2.85. The van der Waals surface area contributed by atoms with Crippen molar-refractivity contribution in [1.82, 2.24) is 9.80 Å². The van der Waals surface area contributed by atoms with Crippen LogP contribution in [0.5, 0.6) is 0 Å². The summed E-state index contributed by atoms with van der Waals surface area (Å²) in [6, 6.07) is 9.35. The van der Waals surface area contributed by atoms with E-state index in [-0.39, 0.29) is 12.0 Å². The summed E-state index contributed by atoms with van der Waals surface area (Å²) < 4.78 is 5.54. The van der Waals surface area contributed by atoms with Gasteiger partial charge in [0.2, 0.25) is 5.91 Å². The summed E-state index contributed by atoms with van der Waals surface area (Å²) in [6.45, 7) is 13.6. The molecule has 190 valence electrons. The Labute approximate surface area is 208 Å². The van der Waals surface area contributed by atoms with Crippen LogP contribution in [-0.2, 0) is 14.9 Å². The molecule has 1 aromatic carbocycles. The van der Waals surface area contributed by atoms with Gasteiger partial charge in [0, 0.05) is 19.6 Å². The van der Waals surface area contributed by atoms with Crippen LogP contribution in [0.2, 0.25) is 0 Å². The second-order valence-electron chi connectivity index (χ2n) is 12.4. The zero-order valence-electron chi connectivity index (χ0n) is 22.4. The number of benzene rings is 1. The normalized spacial score (nSPS) is 27.4. The van der Waals surface area contributed by atoms with Crippen molar-refractivity contribution in [3.05, 3.63) is 35.4 Å². The van der Waals surface area contributed by atoms with Crippen LogP contribution in [0.1, 0.15) is 103 Å². The van der Waals surface area contributed by atoms with Crippen LogP contribution in [0.3, 0.4) is 0 Å². The summed E-state index contributed by atoms with van der Waals surface area (Å²) in [7, 11) is 1.80. The highest BCUT2D eigenvalue weighted by molar-refractivity contribution is 5.79. The molecule has 3 aliphatic rings. The lowest BCUT2D eigenvalue weighted by molar-refractivity contribution is -0.140. The number of hydrogen-bond donors (Lipinski definition) is 0. The Hall–Kier alpha value is -1.39. The first-order valence-corrected chi connectivity index (χ1v) is 13.9. The van der Waals surface area contributed by atoms with Crippen LogP contribution >= 0.6 is 0 Å². The monoisotopic (exact) mass is 468 g/mol. The largest absolute Gasteiger partial charge is 0.381 e. The molecule has 1 amide bonds. The van der Waals surface area contributed by atoms with E-state index in [1.54, 1.807) is 7.11 Å². The second-order valence-corrected chi connectivity index (χ2v) is 12.4. The molecule has 1 spiro atoms. The van der Waals surface area contributed by atoms with E-state index in [1.165, 1.54) is 56.4 Å². The summed E-state index contributed by atoms with van der Waals surface area (Å²) in [5.74, 6) is 0.547. The fourth-order valence-electron chi connectivity index (χ4n) is 6.82. The molecule has 1 saturated carbocycles. The predicted octanol–water partition coefficient (Wildman–Crippen LogP) is 6.35. The Kier molecular flexibility index (Phi) is 8.09. The van der Waals surface area contributed by atoms with Crippen molar-refractivity contribution >= 4 is 5.91 Å². The van der Waals surface area contributed by atoms with Crippen LogP contribution in [0.25, 0.3) is 0 Å². The molecule has 0 N–H and O–H groups in total. The summed E-state index contributed by atoms with van der Waals surface area (Å²) in [4.78, 5) is 18.6. The molecule has 2 aliphatic carbocycles. The van der Waals surface area contributed by atoms with Gasteiger partial charge in [0.1, 0.15) is 0 Å². The first kappa shape index (κ1) is 25.7. The van der Waals surface area contributed by atoms with Crippen LogP contribution in [0.15, 0.2) is 24.3 Å². The minimum absolute atomic E-state index is 0.167. The van der Waals surface area contributed by atoms with Crippen LogP contribution in [0.4, 0.5) is 0 Å². The van der Waals surface area contributed by atoms with Gasteiger partial charge in [0.25, 0.3) is 0 Å². The lowest BCUT2D eigenvalue weighted by atomic mass is 9.63.